The first-order valence-electron chi connectivity index (χ1n) is 5.06. The third-order valence-electron chi connectivity index (χ3n) is 1.85. The van der Waals surface area contributed by atoms with Crippen LogP contribution in [-0.2, 0) is 4.74 Å². The lowest BCUT2D eigenvalue weighted by Gasteiger charge is -2.19. The Bertz CT molecular complexity index is 109. The molecule has 0 bridgehead atoms. The lowest BCUT2D eigenvalue weighted by atomic mass is 10.2. The minimum atomic E-state index is 0.645. The van der Waals surface area contributed by atoms with Gasteiger partial charge in [-0.05, 0) is 12.5 Å². The van der Waals surface area contributed by atoms with Gasteiger partial charge in [-0.25, -0.2) is 0 Å². The number of hydrogen-bond acceptors (Lipinski definition) is 2. The highest BCUT2D eigenvalue weighted by atomic mass is 79.9. The number of hydrogen-bond donors (Lipinski definition) is 0. The standard InChI is InChI=1S/C10H22BrNO/c1-4-12(6-5-11)7-8-13-9-10(2)3/h10H,4-9H2,1-3H3. The Kier molecular flexibility index (Phi) is 9.25. The van der Waals surface area contributed by atoms with Crippen molar-refractivity contribution in [3.05, 3.63) is 0 Å². The summed E-state index contributed by atoms with van der Waals surface area (Å²) in [6.45, 7) is 11.6. The van der Waals surface area contributed by atoms with Crippen LogP contribution in [0.1, 0.15) is 20.8 Å². The molecule has 0 aromatic carbocycles. The van der Waals surface area contributed by atoms with Gasteiger partial charge in [-0.2, -0.15) is 0 Å². The number of likely N-dealkylation sites (N-methyl/N-ethyl adjacent to an activating group) is 1. The van der Waals surface area contributed by atoms with E-state index in [4.69, 9.17) is 4.74 Å². The van der Waals surface area contributed by atoms with Crippen LogP contribution in [0.15, 0.2) is 0 Å². The van der Waals surface area contributed by atoms with E-state index in [2.05, 4.69) is 41.6 Å². The Balaban J connectivity index is 3.27. The van der Waals surface area contributed by atoms with E-state index in [0.717, 1.165) is 38.2 Å². The molecule has 2 nitrogen and oxygen atoms in total. The summed E-state index contributed by atoms with van der Waals surface area (Å²) in [6.07, 6.45) is 0. The summed E-state index contributed by atoms with van der Waals surface area (Å²) in [5.41, 5.74) is 0. The molecule has 0 heterocycles. The molecular weight excluding hydrogens is 230 g/mol. The van der Waals surface area contributed by atoms with Crippen LogP contribution in [0.25, 0.3) is 0 Å². The minimum Gasteiger partial charge on any atom is -0.380 e. The first-order chi connectivity index (χ1) is 6.20. The van der Waals surface area contributed by atoms with Gasteiger partial charge in [0.15, 0.2) is 0 Å². The van der Waals surface area contributed by atoms with E-state index in [0.29, 0.717) is 5.92 Å². The van der Waals surface area contributed by atoms with E-state index in [1.54, 1.807) is 0 Å². The molecule has 0 atom stereocenters. The Morgan fingerprint density at radius 3 is 2.46 bits per heavy atom. The maximum absolute atomic E-state index is 5.52. The lowest BCUT2D eigenvalue weighted by Crippen LogP contribution is -2.29. The van der Waals surface area contributed by atoms with Gasteiger partial charge in [-0.3, -0.25) is 0 Å². The fourth-order valence-corrected chi connectivity index (χ4v) is 1.56. The van der Waals surface area contributed by atoms with E-state index >= 15 is 0 Å². The van der Waals surface area contributed by atoms with Crippen LogP contribution in [0.2, 0.25) is 0 Å². The van der Waals surface area contributed by atoms with Crippen molar-refractivity contribution in [2.45, 2.75) is 20.8 Å². The van der Waals surface area contributed by atoms with Crippen molar-refractivity contribution < 1.29 is 4.74 Å². The quantitative estimate of drug-likeness (QED) is 0.485. The van der Waals surface area contributed by atoms with Crippen LogP contribution >= 0.6 is 15.9 Å². The molecular formula is C10H22BrNO. The highest BCUT2D eigenvalue weighted by Crippen LogP contribution is 1.94. The summed E-state index contributed by atoms with van der Waals surface area (Å²) >= 11 is 3.44. The van der Waals surface area contributed by atoms with Gasteiger partial charge in [0.1, 0.15) is 0 Å². The Labute approximate surface area is 90.8 Å². The maximum Gasteiger partial charge on any atom is 0.0593 e. The lowest BCUT2D eigenvalue weighted by molar-refractivity contribution is 0.0884. The van der Waals surface area contributed by atoms with Crippen LogP contribution in [-0.4, -0.2) is 43.1 Å². The Morgan fingerprint density at radius 2 is 2.00 bits per heavy atom. The van der Waals surface area contributed by atoms with E-state index in [1.165, 1.54) is 0 Å². The average molecular weight is 252 g/mol. The monoisotopic (exact) mass is 251 g/mol. The van der Waals surface area contributed by atoms with Crippen molar-refractivity contribution in [3.63, 3.8) is 0 Å². The molecule has 0 saturated heterocycles. The van der Waals surface area contributed by atoms with Gasteiger partial charge in [-0.1, -0.05) is 36.7 Å². The first-order valence-corrected chi connectivity index (χ1v) is 6.18. The van der Waals surface area contributed by atoms with Crippen LogP contribution in [0.5, 0.6) is 0 Å². The third kappa shape index (κ3) is 8.72. The second-order valence-electron chi connectivity index (χ2n) is 3.59. The molecule has 0 N–H and O–H groups in total. The fourth-order valence-electron chi connectivity index (χ4n) is 1.06. The van der Waals surface area contributed by atoms with Gasteiger partial charge < -0.3 is 9.64 Å². The summed E-state index contributed by atoms with van der Waals surface area (Å²) in [5.74, 6) is 0.645. The van der Waals surface area contributed by atoms with E-state index in [1.807, 2.05) is 0 Å². The zero-order valence-electron chi connectivity index (χ0n) is 9.05. The van der Waals surface area contributed by atoms with E-state index in [-0.39, 0.29) is 0 Å². The van der Waals surface area contributed by atoms with Crippen LogP contribution < -0.4 is 0 Å². The number of alkyl halides is 1. The molecule has 0 rings (SSSR count). The summed E-state index contributed by atoms with van der Waals surface area (Å²) in [5, 5.41) is 1.05. The second-order valence-corrected chi connectivity index (χ2v) is 4.39. The van der Waals surface area contributed by atoms with Crippen LogP contribution in [0.4, 0.5) is 0 Å². The predicted molar refractivity (Wildman–Crippen MR) is 61.6 cm³/mol. The van der Waals surface area contributed by atoms with Gasteiger partial charge in [0.25, 0.3) is 0 Å². The Hall–Kier alpha value is 0.400. The molecule has 0 aromatic heterocycles. The second kappa shape index (κ2) is 8.97. The van der Waals surface area contributed by atoms with Gasteiger partial charge >= 0.3 is 0 Å². The predicted octanol–water partition coefficient (Wildman–Crippen LogP) is 2.38. The normalized spacial score (nSPS) is 11.5. The van der Waals surface area contributed by atoms with Crippen LogP contribution in [0.3, 0.4) is 0 Å². The zero-order chi connectivity index (χ0) is 10.1. The largest absolute Gasteiger partial charge is 0.380 e. The van der Waals surface area contributed by atoms with Gasteiger partial charge in [-0.15, -0.1) is 0 Å². The summed E-state index contributed by atoms with van der Waals surface area (Å²) < 4.78 is 5.52. The third-order valence-corrected chi connectivity index (χ3v) is 2.21. The van der Waals surface area contributed by atoms with Crippen LogP contribution in [0, 0.1) is 5.92 Å². The van der Waals surface area contributed by atoms with Crippen molar-refractivity contribution in [3.8, 4) is 0 Å². The van der Waals surface area contributed by atoms with Gasteiger partial charge in [0.2, 0.25) is 0 Å². The maximum atomic E-state index is 5.52. The van der Waals surface area contributed by atoms with Crippen molar-refractivity contribution >= 4 is 15.9 Å². The summed E-state index contributed by atoms with van der Waals surface area (Å²) in [4.78, 5) is 2.38. The molecule has 3 heteroatoms. The molecule has 0 radical (unpaired) electrons. The average Bonchev–Trinajstić information content (AvgIpc) is 2.10. The molecule has 0 fully saturated rings. The Morgan fingerprint density at radius 1 is 1.31 bits per heavy atom. The number of rotatable bonds is 8. The number of halogens is 1. The first kappa shape index (κ1) is 13.4. The topological polar surface area (TPSA) is 12.5 Å². The van der Waals surface area contributed by atoms with Gasteiger partial charge in [0.05, 0.1) is 6.61 Å². The molecule has 0 aliphatic rings. The molecule has 0 saturated carbocycles. The molecule has 80 valence electrons. The van der Waals surface area contributed by atoms with Gasteiger partial charge in [0, 0.05) is 25.0 Å². The molecule has 0 unspecified atom stereocenters. The van der Waals surface area contributed by atoms with Crippen molar-refractivity contribution in [1.82, 2.24) is 4.90 Å². The summed E-state index contributed by atoms with van der Waals surface area (Å²) in [6, 6.07) is 0. The molecule has 0 aliphatic carbocycles. The number of nitrogens with zero attached hydrogens (tertiary/aromatic N) is 1. The molecule has 0 amide bonds. The SMILES string of the molecule is CCN(CCBr)CCOCC(C)C. The molecule has 0 aliphatic heterocycles. The molecule has 13 heavy (non-hydrogen) atoms. The van der Waals surface area contributed by atoms with E-state index in [9.17, 15) is 0 Å². The fraction of sp³-hybridized carbons (Fsp3) is 1.00. The highest BCUT2D eigenvalue weighted by Gasteiger charge is 2.00. The van der Waals surface area contributed by atoms with Crippen molar-refractivity contribution in [2.24, 2.45) is 5.92 Å². The zero-order valence-corrected chi connectivity index (χ0v) is 10.6. The van der Waals surface area contributed by atoms with Crippen molar-refractivity contribution in [1.29, 1.82) is 0 Å². The smallest absolute Gasteiger partial charge is 0.0593 e. The highest BCUT2D eigenvalue weighted by molar-refractivity contribution is 9.09. The molecule has 0 spiro atoms. The van der Waals surface area contributed by atoms with E-state index < -0.39 is 0 Å². The van der Waals surface area contributed by atoms with Crippen molar-refractivity contribution in [2.75, 3.05) is 38.2 Å². The minimum absolute atomic E-state index is 0.645. The number of ether oxygens (including phenoxy) is 1. The summed E-state index contributed by atoms with van der Waals surface area (Å²) in [7, 11) is 0. The molecule has 0 aromatic rings.